The molecule has 1 atom stereocenters. The van der Waals surface area contributed by atoms with Crippen molar-refractivity contribution in [2.45, 2.75) is 25.8 Å². The third-order valence-electron chi connectivity index (χ3n) is 3.29. The van der Waals surface area contributed by atoms with E-state index in [-0.39, 0.29) is 5.38 Å². The van der Waals surface area contributed by atoms with E-state index in [4.69, 9.17) is 16.6 Å². The average Bonchev–Trinajstić information content (AvgIpc) is 2.99. The van der Waals surface area contributed by atoms with E-state index in [1.807, 2.05) is 6.92 Å². The molecule has 19 heavy (non-hydrogen) atoms. The molecule has 0 saturated carbocycles. The van der Waals surface area contributed by atoms with Gasteiger partial charge >= 0.3 is 0 Å². The monoisotopic (exact) mass is 290 g/mol. The minimum absolute atomic E-state index is 0.0922. The Morgan fingerprint density at radius 2 is 2.21 bits per heavy atom. The largest absolute Gasteiger partial charge is 0.322 e. The lowest BCUT2D eigenvalue weighted by Gasteiger charge is -2.09. The Kier molecular flexibility index (Phi) is 3.33. The van der Waals surface area contributed by atoms with Gasteiger partial charge in [-0.15, -0.1) is 11.6 Å². The first-order chi connectivity index (χ1) is 9.16. The minimum Gasteiger partial charge on any atom is -0.322 e. The zero-order chi connectivity index (χ0) is 13.4. The number of para-hydroxylation sites is 1. The molecule has 0 fully saturated rings. The Labute approximate surface area is 121 Å². The maximum absolute atomic E-state index is 6.29. The molecular weight excluding hydrogens is 276 g/mol. The van der Waals surface area contributed by atoms with Crippen molar-refractivity contribution in [2.24, 2.45) is 0 Å². The molecule has 98 valence electrons. The normalized spacial score (nSPS) is 13.0. The van der Waals surface area contributed by atoms with Crippen LogP contribution in [-0.4, -0.2) is 9.55 Å². The Morgan fingerprint density at radius 1 is 1.37 bits per heavy atom. The predicted molar refractivity (Wildman–Crippen MR) is 82.2 cm³/mol. The second kappa shape index (κ2) is 4.99. The second-order valence-electron chi connectivity index (χ2n) is 4.75. The fourth-order valence-corrected chi connectivity index (χ4v) is 3.17. The first-order valence-corrected chi connectivity index (χ1v) is 7.65. The predicted octanol–water partition coefficient (Wildman–Crippen LogP) is 4.75. The van der Waals surface area contributed by atoms with E-state index in [0.717, 1.165) is 23.4 Å². The van der Waals surface area contributed by atoms with Crippen molar-refractivity contribution in [3.05, 3.63) is 52.0 Å². The quantitative estimate of drug-likeness (QED) is 0.636. The number of alkyl halides is 1. The van der Waals surface area contributed by atoms with Crippen molar-refractivity contribution < 1.29 is 0 Å². The van der Waals surface area contributed by atoms with Gasteiger partial charge in [0, 0.05) is 0 Å². The van der Waals surface area contributed by atoms with Gasteiger partial charge < -0.3 is 4.57 Å². The summed E-state index contributed by atoms with van der Waals surface area (Å²) in [5, 5.41) is 4.18. The van der Waals surface area contributed by atoms with Crippen LogP contribution >= 0.6 is 22.9 Å². The summed E-state index contributed by atoms with van der Waals surface area (Å²) in [4.78, 5) is 4.73. The van der Waals surface area contributed by atoms with E-state index in [9.17, 15) is 0 Å². The highest BCUT2D eigenvalue weighted by Crippen LogP contribution is 2.27. The molecule has 2 nitrogen and oxygen atoms in total. The van der Waals surface area contributed by atoms with Gasteiger partial charge in [0.15, 0.2) is 0 Å². The molecule has 0 aliphatic rings. The summed E-state index contributed by atoms with van der Waals surface area (Å²) in [5.74, 6) is 0.942. The lowest BCUT2D eigenvalue weighted by molar-refractivity contribution is 0.744. The Balaban J connectivity index is 2.19. The van der Waals surface area contributed by atoms with Crippen LogP contribution in [0.3, 0.4) is 0 Å². The van der Waals surface area contributed by atoms with E-state index in [1.165, 1.54) is 11.1 Å². The van der Waals surface area contributed by atoms with Crippen LogP contribution in [0.1, 0.15) is 29.3 Å². The Hall–Kier alpha value is -1.32. The molecule has 4 heteroatoms. The molecule has 0 N–H and O–H groups in total. The van der Waals surface area contributed by atoms with E-state index in [2.05, 4.69) is 46.5 Å². The van der Waals surface area contributed by atoms with E-state index in [0.29, 0.717) is 0 Å². The molecule has 0 saturated heterocycles. The second-order valence-corrected chi connectivity index (χ2v) is 6.18. The Bertz CT molecular complexity index is 698. The van der Waals surface area contributed by atoms with Gasteiger partial charge in [-0.25, -0.2) is 4.98 Å². The lowest BCUT2D eigenvalue weighted by Crippen LogP contribution is -2.05. The fourth-order valence-electron chi connectivity index (χ4n) is 2.34. The number of aromatic nitrogens is 2. The van der Waals surface area contributed by atoms with Gasteiger partial charge in [-0.2, -0.15) is 11.3 Å². The SMILES string of the molecule is Cc1cccc2c1nc(C(C)Cl)n2Cc1ccsc1. The highest BCUT2D eigenvalue weighted by Gasteiger charge is 2.16. The minimum atomic E-state index is -0.0922. The van der Waals surface area contributed by atoms with Gasteiger partial charge in [0.25, 0.3) is 0 Å². The van der Waals surface area contributed by atoms with Gasteiger partial charge in [0.2, 0.25) is 0 Å². The molecule has 0 spiro atoms. The number of imidazole rings is 1. The molecule has 0 aliphatic carbocycles. The number of rotatable bonds is 3. The van der Waals surface area contributed by atoms with Gasteiger partial charge in [-0.05, 0) is 47.9 Å². The van der Waals surface area contributed by atoms with Crippen molar-refractivity contribution >= 4 is 34.0 Å². The number of fused-ring (bicyclic) bond motifs is 1. The lowest BCUT2D eigenvalue weighted by atomic mass is 10.2. The number of thiophene rings is 1. The van der Waals surface area contributed by atoms with Gasteiger partial charge in [-0.3, -0.25) is 0 Å². The number of halogens is 1. The van der Waals surface area contributed by atoms with E-state index >= 15 is 0 Å². The molecule has 0 radical (unpaired) electrons. The number of hydrogen-bond acceptors (Lipinski definition) is 2. The van der Waals surface area contributed by atoms with E-state index in [1.54, 1.807) is 11.3 Å². The highest BCUT2D eigenvalue weighted by atomic mass is 35.5. The molecule has 1 aromatic carbocycles. The first kappa shape index (κ1) is 12.7. The molecule has 2 heterocycles. The number of nitrogens with zero attached hydrogens (tertiary/aromatic N) is 2. The van der Waals surface area contributed by atoms with Crippen LogP contribution in [-0.2, 0) is 6.54 Å². The summed E-state index contributed by atoms with van der Waals surface area (Å²) in [6, 6.07) is 8.43. The molecule has 1 unspecified atom stereocenters. The maximum Gasteiger partial charge on any atom is 0.128 e. The van der Waals surface area contributed by atoms with Crippen LogP contribution in [0.25, 0.3) is 11.0 Å². The van der Waals surface area contributed by atoms with Crippen molar-refractivity contribution in [1.82, 2.24) is 9.55 Å². The summed E-state index contributed by atoms with van der Waals surface area (Å²) < 4.78 is 2.22. The standard InChI is InChI=1S/C15H15ClN2S/c1-10-4-3-5-13-14(10)17-15(11(2)16)18(13)8-12-6-7-19-9-12/h3-7,9,11H,8H2,1-2H3. The summed E-state index contributed by atoms with van der Waals surface area (Å²) >= 11 is 8.01. The number of aryl methyl sites for hydroxylation is 1. The fraction of sp³-hybridized carbons (Fsp3) is 0.267. The molecular formula is C15H15ClN2S. The molecule has 2 aromatic heterocycles. The van der Waals surface area contributed by atoms with Crippen molar-refractivity contribution in [2.75, 3.05) is 0 Å². The molecule has 0 bridgehead atoms. The van der Waals surface area contributed by atoms with Crippen LogP contribution in [0.15, 0.2) is 35.0 Å². The molecule has 0 amide bonds. The maximum atomic E-state index is 6.29. The molecule has 0 aliphatic heterocycles. The average molecular weight is 291 g/mol. The number of benzene rings is 1. The van der Waals surface area contributed by atoms with Crippen LogP contribution in [0.5, 0.6) is 0 Å². The van der Waals surface area contributed by atoms with Crippen LogP contribution in [0.4, 0.5) is 0 Å². The molecule has 3 aromatic rings. The Morgan fingerprint density at radius 3 is 2.89 bits per heavy atom. The highest BCUT2D eigenvalue weighted by molar-refractivity contribution is 7.07. The van der Waals surface area contributed by atoms with Crippen LogP contribution in [0, 0.1) is 6.92 Å². The third kappa shape index (κ3) is 2.28. The topological polar surface area (TPSA) is 17.8 Å². The van der Waals surface area contributed by atoms with Crippen molar-refractivity contribution in [3.8, 4) is 0 Å². The van der Waals surface area contributed by atoms with Crippen LogP contribution < -0.4 is 0 Å². The van der Waals surface area contributed by atoms with Gasteiger partial charge in [-0.1, -0.05) is 12.1 Å². The molecule has 3 rings (SSSR count). The van der Waals surface area contributed by atoms with E-state index < -0.39 is 0 Å². The first-order valence-electron chi connectivity index (χ1n) is 6.27. The summed E-state index contributed by atoms with van der Waals surface area (Å²) in [6.07, 6.45) is 0. The van der Waals surface area contributed by atoms with Gasteiger partial charge in [0.05, 0.1) is 23.0 Å². The summed E-state index contributed by atoms with van der Waals surface area (Å²) in [5.41, 5.74) is 4.71. The van der Waals surface area contributed by atoms with Gasteiger partial charge in [0.1, 0.15) is 5.82 Å². The smallest absolute Gasteiger partial charge is 0.128 e. The van der Waals surface area contributed by atoms with Crippen LogP contribution in [0.2, 0.25) is 0 Å². The zero-order valence-electron chi connectivity index (χ0n) is 10.9. The zero-order valence-corrected chi connectivity index (χ0v) is 12.5. The summed E-state index contributed by atoms with van der Waals surface area (Å²) in [7, 11) is 0. The number of hydrogen-bond donors (Lipinski definition) is 0. The van der Waals surface area contributed by atoms with Crippen molar-refractivity contribution in [1.29, 1.82) is 0 Å². The van der Waals surface area contributed by atoms with Crippen molar-refractivity contribution in [3.63, 3.8) is 0 Å². The summed E-state index contributed by atoms with van der Waals surface area (Å²) in [6.45, 7) is 4.89. The third-order valence-corrected chi connectivity index (χ3v) is 4.21.